The van der Waals surface area contributed by atoms with Gasteiger partial charge in [0.2, 0.25) is 0 Å². The van der Waals surface area contributed by atoms with Crippen LogP contribution in [0.15, 0.2) is 18.3 Å². The molecule has 23 heavy (non-hydrogen) atoms. The summed E-state index contributed by atoms with van der Waals surface area (Å²) in [6, 6.07) is 3.70. The van der Waals surface area contributed by atoms with Crippen LogP contribution in [-0.4, -0.2) is 40.2 Å². The predicted molar refractivity (Wildman–Crippen MR) is 93.3 cm³/mol. The van der Waals surface area contributed by atoms with E-state index in [0.717, 1.165) is 36.9 Å². The maximum absolute atomic E-state index is 11.5. The number of aromatic carboxylic acids is 1. The van der Waals surface area contributed by atoms with Crippen LogP contribution in [-0.2, 0) is 19.4 Å². The second kappa shape index (κ2) is 6.75. The molecule has 0 aliphatic carbocycles. The molecule has 4 nitrogen and oxygen atoms in total. The third-order valence-electron chi connectivity index (χ3n) is 5.00. The molecule has 2 aromatic rings. The van der Waals surface area contributed by atoms with Gasteiger partial charge in [-0.3, -0.25) is 0 Å². The Morgan fingerprint density at radius 1 is 1.17 bits per heavy atom. The maximum atomic E-state index is 11.5. The monoisotopic (exact) mass is 314 g/mol. The molecular weight excluding hydrogens is 288 g/mol. The zero-order valence-electron chi connectivity index (χ0n) is 14.1. The fraction of sp³-hybridized carbons (Fsp3) is 0.526. The van der Waals surface area contributed by atoms with E-state index in [9.17, 15) is 9.90 Å². The van der Waals surface area contributed by atoms with Crippen LogP contribution in [0.5, 0.6) is 0 Å². The summed E-state index contributed by atoms with van der Waals surface area (Å²) >= 11 is 0. The van der Waals surface area contributed by atoms with Gasteiger partial charge in [0.25, 0.3) is 0 Å². The highest BCUT2D eigenvalue weighted by Gasteiger charge is 2.17. The summed E-state index contributed by atoms with van der Waals surface area (Å²) < 4.78 is 2.28. The molecule has 4 heteroatoms. The van der Waals surface area contributed by atoms with E-state index in [1.165, 1.54) is 37.0 Å². The standard InChI is InChI=1S/C19H26N2O2/c1-3-14-11-16(19(22)23)12-17-15(13-21(4-2)18(14)17)7-10-20-8-5-6-9-20/h11-13H,3-10H2,1-2H3,(H,22,23). The number of fused-ring (bicyclic) bond motifs is 1. The summed E-state index contributed by atoms with van der Waals surface area (Å²) in [6.07, 6.45) is 6.69. The van der Waals surface area contributed by atoms with Gasteiger partial charge >= 0.3 is 5.97 Å². The van der Waals surface area contributed by atoms with Crippen LogP contribution in [0.4, 0.5) is 0 Å². The smallest absolute Gasteiger partial charge is 0.335 e. The number of carboxylic acid groups (broad SMARTS) is 1. The molecule has 3 rings (SSSR count). The summed E-state index contributed by atoms with van der Waals surface area (Å²) in [5.74, 6) is -0.837. The minimum atomic E-state index is -0.837. The Kier molecular flexibility index (Phi) is 4.71. The third-order valence-corrected chi connectivity index (χ3v) is 5.00. The molecule has 0 radical (unpaired) electrons. The van der Waals surface area contributed by atoms with Crippen molar-refractivity contribution >= 4 is 16.9 Å². The number of hydrogen-bond acceptors (Lipinski definition) is 2. The van der Waals surface area contributed by atoms with E-state index >= 15 is 0 Å². The molecule has 1 fully saturated rings. The first-order chi connectivity index (χ1) is 11.1. The molecule has 1 N–H and O–H groups in total. The lowest BCUT2D eigenvalue weighted by molar-refractivity contribution is 0.0697. The van der Waals surface area contributed by atoms with Crippen LogP contribution >= 0.6 is 0 Å². The van der Waals surface area contributed by atoms with Crippen molar-refractivity contribution < 1.29 is 9.90 Å². The Morgan fingerprint density at radius 2 is 1.91 bits per heavy atom. The Bertz CT molecular complexity index is 712. The number of nitrogens with zero attached hydrogens (tertiary/aromatic N) is 2. The molecule has 0 bridgehead atoms. The van der Waals surface area contributed by atoms with E-state index in [4.69, 9.17) is 0 Å². The Labute approximate surface area is 137 Å². The second-order valence-electron chi connectivity index (χ2n) is 6.43. The average Bonchev–Trinajstić information content (AvgIpc) is 3.19. The van der Waals surface area contributed by atoms with Crippen molar-refractivity contribution in [2.45, 2.75) is 46.1 Å². The molecular formula is C19H26N2O2. The minimum absolute atomic E-state index is 0.408. The average molecular weight is 314 g/mol. The van der Waals surface area contributed by atoms with Crippen molar-refractivity contribution in [2.75, 3.05) is 19.6 Å². The summed E-state index contributed by atoms with van der Waals surface area (Å²) in [7, 11) is 0. The maximum Gasteiger partial charge on any atom is 0.335 e. The van der Waals surface area contributed by atoms with E-state index in [0.29, 0.717) is 5.56 Å². The largest absolute Gasteiger partial charge is 0.478 e. The first-order valence-corrected chi connectivity index (χ1v) is 8.74. The van der Waals surface area contributed by atoms with E-state index in [2.05, 4.69) is 29.5 Å². The van der Waals surface area contributed by atoms with Gasteiger partial charge in [0.05, 0.1) is 11.1 Å². The molecule has 1 saturated heterocycles. The van der Waals surface area contributed by atoms with Crippen LogP contribution in [0.1, 0.15) is 48.2 Å². The van der Waals surface area contributed by atoms with Crippen LogP contribution in [0.3, 0.4) is 0 Å². The molecule has 0 amide bonds. The fourth-order valence-electron chi connectivity index (χ4n) is 3.73. The van der Waals surface area contributed by atoms with Gasteiger partial charge in [0.15, 0.2) is 0 Å². The molecule has 1 aliphatic heterocycles. The lowest BCUT2D eigenvalue weighted by Crippen LogP contribution is -2.21. The van der Waals surface area contributed by atoms with Gasteiger partial charge in [-0.25, -0.2) is 4.79 Å². The first kappa shape index (κ1) is 16.1. The van der Waals surface area contributed by atoms with Crippen molar-refractivity contribution in [1.29, 1.82) is 0 Å². The molecule has 0 atom stereocenters. The normalized spacial score (nSPS) is 15.6. The highest BCUT2D eigenvalue weighted by molar-refractivity contribution is 5.96. The number of likely N-dealkylation sites (tertiary alicyclic amines) is 1. The Balaban J connectivity index is 2.02. The van der Waals surface area contributed by atoms with Gasteiger partial charge in [0, 0.05) is 24.7 Å². The van der Waals surface area contributed by atoms with Gasteiger partial charge in [-0.15, -0.1) is 0 Å². The SMILES string of the molecule is CCc1cc(C(=O)O)cc2c(CCN3CCCC3)cn(CC)c12. The van der Waals surface area contributed by atoms with Gasteiger partial charge < -0.3 is 14.6 Å². The summed E-state index contributed by atoms with van der Waals surface area (Å²) in [4.78, 5) is 14.0. The quantitative estimate of drug-likeness (QED) is 0.887. The number of carbonyl (C=O) groups is 1. The lowest BCUT2D eigenvalue weighted by Gasteiger charge is -2.13. The summed E-state index contributed by atoms with van der Waals surface area (Å²) in [5.41, 5.74) is 4.04. The van der Waals surface area contributed by atoms with Gasteiger partial charge in [-0.05, 0) is 69.0 Å². The number of rotatable bonds is 6. The highest BCUT2D eigenvalue weighted by Crippen LogP contribution is 2.28. The van der Waals surface area contributed by atoms with E-state index in [1.54, 1.807) is 0 Å². The van der Waals surface area contributed by atoms with E-state index < -0.39 is 5.97 Å². The van der Waals surface area contributed by atoms with Crippen molar-refractivity contribution in [3.8, 4) is 0 Å². The van der Waals surface area contributed by atoms with Crippen LogP contribution < -0.4 is 0 Å². The molecule has 1 aromatic carbocycles. The lowest BCUT2D eigenvalue weighted by atomic mass is 10.0. The molecule has 1 aromatic heterocycles. The Morgan fingerprint density at radius 3 is 2.52 bits per heavy atom. The fourth-order valence-corrected chi connectivity index (χ4v) is 3.73. The Hall–Kier alpha value is -1.81. The van der Waals surface area contributed by atoms with Gasteiger partial charge in [-0.1, -0.05) is 6.92 Å². The van der Waals surface area contributed by atoms with Crippen LogP contribution in [0.25, 0.3) is 10.9 Å². The molecule has 1 aliphatic rings. The summed E-state index contributed by atoms with van der Waals surface area (Å²) in [6.45, 7) is 8.63. The number of carboxylic acids is 1. The zero-order chi connectivity index (χ0) is 16.4. The predicted octanol–water partition coefficient (Wildman–Crippen LogP) is 3.56. The third kappa shape index (κ3) is 3.13. The first-order valence-electron chi connectivity index (χ1n) is 8.74. The number of hydrogen-bond donors (Lipinski definition) is 1. The summed E-state index contributed by atoms with van der Waals surface area (Å²) in [5, 5.41) is 10.5. The van der Waals surface area contributed by atoms with Gasteiger partial charge in [-0.2, -0.15) is 0 Å². The number of aryl methyl sites for hydroxylation is 2. The highest BCUT2D eigenvalue weighted by atomic mass is 16.4. The van der Waals surface area contributed by atoms with Crippen molar-refractivity contribution in [2.24, 2.45) is 0 Å². The molecule has 0 saturated carbocycles. The van der Waals surface area contributed by atoms with Crippen molar-refractivity contribution in [3.63, 3.8) is 0 Å². The second-order valence-corrected chi connectivity index (χ2v) is 6.43. The van der Waals surface area contributed by atoms with Gasteiger partial charge in [0.1, 0.15) is 0 Å². The van der Waals surface area contributed by atoms with Crippen LogP contribution in [0, 0.1) is 0 Å². The van der Waals surface area contributed by atoms with Crippen LogP contribution in [0.2, 0.25) is 0 Å². The molecule has 2 heterocycles. The molecule has 124 valence electrons. The minimum Gasteiger partial charge on any atom is -0.478 e. The van der Waals surface area contributed by atoms with Crippen molar-refractivity contribution in [3.05, 3.63) is 35.0 Å². The number of aromatic nitrogens is 1. The van der Waals surface area contributed by atoms with E-state index in [1.807, 2.05) is 12.1 Å². The molecule has 0 unspecified atom stereocenters. The molecule has 0 spiro atoms. The van der Waals surface area contributed by atoms with Crippen molar-refractivity contribution in [1.82, 2.24) is 9.47 Å². The topological polar surface area (TPSA) is 45.5 Å². The zero-order valence-corrected chi connectivity index (χ0v) is 14.1. The number of benzene rings is 1. The van der Waals surface area contributed by atoms with E-state index in [-0.39, 0.29) is 0 Å².